The minimum absolute atomic E-state index is 0.565. The van der Waals surface area contributed by atoms with E-state index in [0.29, 0.717) is 6.07 Å². The normalized spacial score (nSPS) is 11.4. The van der Waals surface area contributed by atoms with Gasteiger partial charge in [0.05, 0.1) is 6.20 Å². The van der Waals surface area contributed by atoms with Crippen LogP contribution in [0.5, 0.6) is 0 Å². The molecule has 0 aromatic carbocycles. The fourth-order valence-electron chi connectivity index (χ4n) is 0.904. The lowest BCUT2D eigenvalue weighted by atomic mass is 10.1. The number of rotatable bonds is 3. The Morgan fingerprint density at radius 1 is 1.50 bits per heavy atom. The molecule has 0 unspecified atom stereocenters. The number of nitrogens with zero attached hydrogens (tertiary/aromatic N) is 1. The molecule has 76 valence electrons. The summed E-state index contributed by atoms with van der Waals surface area (Å²) in [6.45, 7) is 0. The van der Waals surface area contributed by atoms with Crippen molar-refractivity contribution in [3.05, 3.63) is 29.8 Å². The number of carbonyl (C=O) groups is 1. The van der Waals surface area contributed by atoms with Crippen molar-refractivity contribution in [3.63, 3.8) is 0 Å². The first-order valence-electron chi connectivity index (χ1n) is 3.62. The summed E-state index contributed by atoms with van der Waals surface area (Å²) in [5, 5.41) is 8.19. The van der Waals surface area contributed by atoms with Gasteiger partial charge in [-0.15, -0.1) is 0 Å². The summed E-state index contributed by atoms with van der Waals surface area (Å²) in [5.41, 5.74) is -0.736. The van der Waals surface area contributed by atoms with Crippen LogP contribution in [0, 0.1) is 5.82 Å². The minimum Gasteiger partial charge on any atom is -0.481 e. The van der Waals surface area contributed by atoms with Crippen molar-refractivity contribution < 1.29 is 23.1 Å². The second-order valence-corrected chi connectivity index (χ2v) is 2.67. The summed E-state index contributed by atoms with van der Waals surface area (Å²) in [6.07, 6.45) is 0.129. The quantitative estimate of drug-likeness (QED) is 0.818. The SMILES string of the molecule is O=C(O)CC(F)(F)c1cncc(F)c1. The third-order valence-electron chi connectivity index (χ3n) is 1.50. The van der Waals surface area contributed by atoms with Gasteiger partial charge in [-0.1, -0.05) is 0 Å². The number of hydrogen-bond acceptors (Lipinski definition) is 2. The van der Waals surface area contributed by atoms with Crippen molar-refractivity contribution in [3.8, 4) is 0 Å². The van der Waals surface area contributed by atoms with Crippen molar-refractivity contribution in [1.29, 1.82) is 0 Å². The third kappa shape index (κ3) is 2.45. The summed E-state index contributed by atoms with van der Waals surface area (Å²) in [4.78, 5) is 13.3. The van der Waals surface area contributed by atoms with Gasteiger partial charge in [0, 0.05) is 11.8 Å². The molecule has 0 bridgehead atoms. The van der Waals surface area contributed by atoms with Crippen molar-refractivity contribution in [2.24, 2.45) is 0 Å². The van der Waals surface area contributed by atoms with Crippen molar-refractivity contribution in [2.75, 3.05) is 0 Å². The molecule has 0 fully saturated rings. The van der Waals surface area contributed by atoms with Crippen LogP contribution in [-0.2, 0) is 10.7 Å². The highest BCUT2D eigenvalue weighted by molar-refractivity contribution is 5.68. The van der Waals surface area contributed by atoms with Crippen LogP contribution < -0.4 is 0 Å². The Balaban J connectivity index is 2.97. The van der Waals surface area contributed by atoms with E-state index < -0.39 is 29.7 Å². The van der Waals surface area contributed by atoms with E-state index in [4.69, 9.17) is 5.11 Å². The number of pyridine rings is 1. The topological polar surface area (TPSA) is 50.2 Å². The van der Waals surface area contributed by atoms with Crippen LogP contribution >= 0.6 is 0 Å². The average molecular weight is 205 g/mol. The highest BCUT2D eigenvalue weighted by Crippen LogP contribution is 2.31. The standard InChI is InChI=1S/C8H6F3NO2/c9-6-1-5(3-12-4-6)8(10,11)2-7(13)14/h1,3-4H,2H2,(H,13,14). The second-order valence-electron chi connectivity index (χ2n) is 2.67. The maximum atomic E-state index is 13.0. The molecule has 0 saturated carbocycles. The van der Waals surface area contributed by atoms with Crippen molar-refractivity contribution in [1.82, 2.24) is 4.98 Å². The average Bonchev–Trinajstić information content (AvgIpc) is 2.01. The molecule has 0 aliphatic carbocycles. The van der Waals surface area contributed by atoms with E-state index in [1.54, 1.807) is 0 Å². The zero-order valence-electron chi connectivity index (χ0n) is 6.88. The molecule has 1 rings (SSSR count). The first-order chi connectivity index (χ1) is 6.42. The van der Waals surface area contributed by atoms with Crippen LogP contribution in [0.15, 0.2) is 18.5 Å². The molecule has 14 heavy (non-hydrogen) atoms. The van der Waals surface area contributed by atoms with E-state index in [1.807, 2.05) is 0 Å². The smallest absolute Gasteiger partial charge is 0.309 e. The molecule has 0 aliphatic rings. The Hall–Kier alpha value is -1.59. The van der Waals surface area contributed by atoms with Crippen LogP contribution in [0.4, 0.5) is 13.2 Å². The van der Waals surface area contributed by atoms with Gasteiger partial charge >= 0.3 is 5.97 Å². The molecule has 6 heteroatoms. The molecule has 0 aliphatic heterocycles. The highest BCUT2D eigenvalue weighted by atomic mass is 19.3. The van der Waals surface area contributed by atoms with Crippen LogP contribution in [0.25, 0.3) is 0 Å². The van der Waals surface area contributed by atoms with Gasteiger partial charge < -0.3 is 5.11 Å². The summed E-state index contributed by atoms with van der Waals surface area (Å²) in [7, 11) is 0. The molecule has 0 spiro atoms. The maximum absolute atomic E-state index is 13.0. The Morgan fingerprint density at radius 3 is 2.64 bits per heavy atom. The van der Waals surface area contributed by atoms with Crippen molar-refractivity contribution in [2.45, 2.75) is 12.3 Å². The summed E-state index contributed by atoms with van der Waals surface area (Å²) in [5.74, 6) is -6.17. The molecule has 3 nitrogen and oxygen atoms in total. The fourth-order valence-corrected chi connectivity index (χ4v) is 0.904. The lowest BCUT2D eigenvalue weighted by molar-refractivity contribution is -0.145. The van der Waals surface area contributed by atoms with Gasteiger partial charge in [0.25, 0.3) is 5.92 Å². The highest BCUT2D eigenvalue weighted by Gasteiger charge is 2.35. The van der Waals surface area contributed by atoms with E-state index in [9.17, 15) is 18.0 Å². The Kier molecular flexibility index (Phi) is 2.73. The van der Waals surface area contributed by atoms with Crippen LogP contribution in [-0.4, -0.2) is 16.1 Å². The monoisotopic (exact) mass is 205 g/mol. The predicted octanol–water partition coefficient (Wildman–Crippen LogP) is 1.79. The molecule has 1 N–H and O–H groups in total. The van der Waals surface area contributed by atoms with E-state index >= 15 is 0 Å². The molecule has 1 heterocycles. The van der Waals surface area contributed by atoms with E-state index in [0.717, 1.165) is 12.4 Å². The Labute approximate surface area is 77.2 Å². The maximum Gasteiger partial charge on any atom is 0.309 e. The largest absolute Gasteiger partial charge is 0.481 e. The predicted molar refractivity (Wildman–Crippen MR) is 40.3 cm³/mol. The number of carboxylic acids is 1. The molecule has 1 aromatic heterocycles. The van der Waals surface area contributed by atoms with Crippen LogP contribution in [0.1, 0.15) is 12.0 Å². The molecule has 0 amide bonds. The summed E-state index contributed by atoms with van der Waals surface area (Å²) < 4.78 is 38.5. The zero-order chi connectivity index (χ0) is 10.8. The van der Waals surface area contributed by atoms with Gasteiger partial charge in [-0.05, 0) is 6.07 Å². The molecule has 0 radical (unpaired) electrons. The molecular weight excluding hydrogens is 199 g/mol. The van der Waals surface area contributed by atoms with Gasteiger partial charge in [0.15, 0.2) is 0 Å². The Bertz CT molecular complexity index is 354. The third-order valence-corrected chi connectivity index (χ3v) is 1.50. The number of carboxylic acid groups (broad SMARTS) is 1. The Morgan fingerprint density at radius 2 is 2.14 bits per heavy atom. The molecule has 1 aromatic rings. The second kappa shape index (κ2) is 3.65. The molecule has 0 saturated heterocycles. The number of aromatic nitrogens is 1. The zero-order valence-corrected chi connectivity index (χ0v) is 6.88. The van der Waals surface area contributed by atoms with Gasteiger partial charge in [-0.2, -0.15) is 0 Å². The number of aliphatic carboxylic acids is 1. The van der Waals surface area contributed by atoms with Gasteiger partial charge in [-0.25, -0.2) is 13.2 Å². The lowest BCUT2D eigenvalue weighted by Crippen LogP contribution is -2.18. The molecule has 0 atom stereocenters. The number of alkyl halides is 2. The lowest BCUT2D eigenvalue weighted by Gasteiger charge is -2.13. The summed E-state index contributed by atoms with van der Waals surface area (Å²) in [6, 6.07) is 0.565. The van der Waals surface area contributed by atoms with E-state index in [2.05, 4.69) is 4.98 Å². The van der Waals surface area contributed by atoms with E-state index in [-0.39, 0.29) is 0 Å². The van der Waals surface area contributed by atoms with E-state index in [1.165, 1.54) is 0 Å². The minimum atomic E-state index is -3.60. The molecular formula is C8H6F3NO2. The summed E-state index contributed by atoms with van der Waals surface area (Å²) >= 11 is 0. The first kappa shape index (κ1) is 10.5. The number of halogens is 3. The van der Waals surface area contributed by atoms with Crippen molar-refractivity contribution >= 4 is 5.97 Å². The van der Waals surface area contributed by atoms with Gasteiger partial charge in [0.2, 0.25) is 0 Å². The van der Waals surface area contributed by atoms with Gasteiger partial charge in [0.1, 0.15) is 12.2 Å². The van der Waals surface area contributed by atoms with Crippen LogP contribution in [0.2, 0.25) is 0 Å². The van der Waals surface area contributed by atoms with Crippen LogP contribution in [0.3, 0.4) is 0 Å². The first-order valence-corrected chi connectivity index (χ1v) is 3.62. The number of hydrogen-bond donors (Lipinski definition) is 1. The fraction of sp³-hybridized carbons (Fsp3) is 0.250. The van der Waals surface area contributed by atoms with Gasteiger partial charge in [-0.3, -0.25) is 9.78 Å².